The third kappa shape index (κ3) is 6.52. The highest BCUT2D eigenvalue weighted by Crippen LogP contribution is 2.23. The van der Waals surface area contributed by atoms with Crippen LogP contribution >= 0.6 is 23.5 Å². The Bertz CT molecular complexity index is 760. The van der Waals surface area contributed by atoms with Gasteiger partial charge in [0.15, 0.2) is 0 Å². The molecule has 7 heteroatoms. The van der Waals surface area contributed by atoms with Crippen LogP contribution in [0.25, 0.3) is 0 Å². The number of hydrazone groups is 1. The topological polar surface area (TPSA) is 59.9 Å². The van der Waals surface area contributed by atoms with Gasteiger partial charge in [0.1, 0.15) is 17.6 Å². The van der Waals surface area contributed by atoms with Crippen LogP contribution in [0.15, 0.2) is 53.6 Å². The third-order valence-corrected chi connectivity index (χ3v) is 6.07. The lowest BCUT2D eigenvalue weighted by Crippen LogP contribution is -2.30. The summed E-state index contributed by atoms with van der Waals surface area (Å²) < 4.78 is 10.9. The summed E-state index contributed by atoms with van der Waals surface area (Å²) >= 11 is 3.44. The number of nitrogens with one attached hydrogen (secondary N) is 1. The van der Waals surface area contributed by atoms with Crippen molar-refractivity contribution in [1.29, 1.82) is 0 Å². The molecule has 0 aliphatic carbocycles. The zero-order valence-electron chi connectivity index (χ0n) is 15.1. The Morgan fingerprint density at radius 1 is 1.19 bits per heavy atom. The van der Waals surface area contributed by atoms with Gasteiger partial charge in [-0.25, -0.2) is 5.43 Å². The second-order valence-electron chi connectivity index (χ2n) is 5.98. The van der Waals surface area contributed by atoms with Crippen LogP contribution < -0.4 is 14.9 Å². The maximum atomic E-state index is 11.9. The Labute approximate surface area is 167 Å². The number of ether oxygens (including phenoxy) is 2. The van der Waals surface area contributed by atoms with Gasteiger partial charge in [-0.3, -0.25) is 4.79 Å². The fourth-order valence-electron chi connectivity index (χ4n) is 2.30. The van der Waals surface area contributed by atoms with Gasteiger partial charge in [0.05, 0.1) is 19.1 Å². The summed E-state index contributed by atoms with van der Waals surface area (Å²) in [6.07, 6.45) is 1.97. The lowest BCUT2D eigenvalue weighted by atomic mass is 10.2. The largest absolute Gasteiger partial charge is 0.497 e. The zero-order chi connectivity index (χ0) is 18.9. The molecule has 1 aliphatic rings. The van der Waals surface area contributed by atoms with E-state index in [1.807, 2.05) is 60.3 Å². The van der Waals surface area contributed by atoms with E-state index >= 15 is 0 Å². The first-order valence-electron chi connectivity index (χ1n) is 8.60. The van der Waals surface area contributed by atoms with E-state index in [2.05, 4.69) is 10.5 Å². The monoisotopic (exact) mass is 402 g/mol. The number of methoxy groups -OCH3 is 1. The lowest BCUT2D eigenvalue weighted by molar-refractivity contribution is -0.118. The van der Waals surface area contributed by atoms with E-state index in [1.165, 1.54) is 0 Å². The summed E-state index contributed by atoms with van der Waals surface area (Å²) in [5.41, 5.74) is 4.62. The quantitative estimate of drug-likeness (QED) is 0.513. The molecule has 1 heterocycles. The summed E-state index contributed by atoms with van der Waals surface area (Å²) in [6, 6.07) is 15.5. The van der Waals surface area contributed by atoms with E-state index in [0.717, 1.165) is 39.9 Å². The van der Waals surface area contributed by atoms with E-state index < -0.39 is 0 Å². The first-order chi connectivity index (χ1) is 13.2. The zero-order valence-corrected chi connectivity index (χ0v) is 16.7. The van der Waals surface area contributed by atoms with Crippen molar-refractivity contribution in [3.05, 3.63) is 59.7 Å². The fourth-order valence-corrected chi connectivity index (χ4v) is 3.65. The molecule has 0 spiro atoms. The molecular formula is C20H22N2O3S2. The van der Waals surface area contributed by atoms with Crippen molar-refractivity contribution in [3.63, 3.8) is 0 Å². The first kappa shape index (κ1) is 19.6. The van der Waals surface area contributed by atoms with Crippen LogP contribution in [0.4, 0.5) is 0 Å². The number of benzene rings is 2. The molecule has 2 aromatic rings. The van der Waals surface area contributed by atoms with E-state index in [-0.39, 0.29) is 5.91 Å². The molecule has 0 aromatic heterocycles. The van der Waals surface area contributed by atoms with Gasteiger partial charge >= 0.3 is 0 Å². The van der Waals surface area contributed by atoms with Crippen LogP contribution in [0, 0.1) is 0 Å². The highest BCUT2D eigenvalue weighted by molar-refractivity contribution is 8.00. The standard InChI is InChI=1S/C20H22N2O3S2/c1-24-17-6-4-16(5-7-17)11-26-14-20(23)22-21-10-15-2-8-18(9-3-15)25-19-12-27-13-19/h2-10,19H,11-14H2,1H3,(H,22,23)/b21-10-. The molecule has 5 nitrogen and oxygen atoms in total. The van der Waals surface area contributed by atoms with Crippen molar-refractivity contribution in [3.8, 4) is 11.5 Å². The van der Waals surface area contributed by atoms with E-state index in [9.17, 15) is 4.79 Å². The summed E-state index contributed by atoms with van der Waals surface area (Å²) in [6.45, 7) is 0. The van der Waals surface area contributed by atoms with Crippen LogP contribution in [0.5, 0.6) is 11.5 Å². The number of carbonyl (C=O) groups is 1. The van der Waals surface area contributed by atoms with E-state index in [1.54, 1.807) is 25.1 Å². The Kier molecular flexibility index (Phi) is 7.47. The van der Waals surface area contributed by atoms with Crippen molar-refractivity contribution >= 4 is 35.6 Å². The van der Waals surface area contributed by atoms with Crippen LogP contribution in [-0.2, 0) is 10.5 Å². The lowest BCUT2D eigenvalue weighted by Gasteiger charge is -2.25. The number of hydrogen-bond donors (Lipinski definition) is 1. The average Bonchev–Trinajstić information content (AvgIpc) is 2.66. The number of hydrogen-bond acceptors (Lipinski definition) is 6. The SMILES string of the molecule is COc1ccc(CSCC(=O)N/N=C\c2ccc(OC3CSC3)cc2)cc1. The highest BCUT2D eigenvalue weighted by Gasteiger charge is 2.19. The maximum absolute atomic E-state index is 11.9. The molecule has 0 bridgehead atoms. The summed E-state index contributed by atoms with van der Waals surface area (Å²) in [4.78, 5) is 11.9. The molecule has 1 N–H and O–H groups in total. The fraction of sp³-hybridized carbons (Fsp3) is 0.300. The van der Waals surface area contributed by atoms with Gasteiger partial charge in [-0.2, -0.15) is 16.9 Å². The molecule has 1 fully saturated rings. The molecule has 27 heavy (non-hydrogen) atoms. The average molecular weight is 403 g/mol. The molecule has 0 unspecified atom stereocenters. The molecule has 0 atom stereocenters. The predicted octanol–water partition coefficient (Wildman–Crippen LogP) is 3.57. The van der Waals surface area contributed by atoms with Gasteiger partial charge in [0.25, 0.3) is 0 Å². The Morgan fingerprint density at radius 2 is 1.89 bits per heavy atom. The van der Waals surface area contributed by atoms with Gasteiger partial charge in [-0.1, -0.05) is 12.1 Å². The molecule has 1 amide bonds. The van der Waals surface area contributed by atoms with Crippen molar-refractivity contribution in [2.75, 3.05) is 24.4 Å². The van der Waals surface area contributed by atoms with E-state index in [0.29, 0.717) is 11.9 Å². The molecular weight excluding hydrogens is 380 g/mol. The highest BCUT2D eigenvalue weighted by atomic mass is 32.2. The van der Waals surface area contributed by atoms with E-state index in [4.69, 9.17) is 9.47 Å². The van der Waals surface area contributed by atoms with Gasteiger partial charge < -0.3 is 9.47 Å². The normalized spacial score (nSPS) is 14.0. The number of carbonyl (C=O) groups excluding carboxylic acids is 1. The Hall–Kier alpha value is -2.12. The Balaban J connectivity index is 1.35. The van der Waals surface area contributed by atoms with Crippen molar-refractivity contribution in [2.45, 2.75) is 11.9 Å². The molecule has 3 rings (SSSR count). The Morgan fingerprint density at radius 3 is 2.52 bits per heavy atom. The molecule has 0 saturated carbocycles. The van der Waals surface area contributed by atoms with Crippen LogP contribution in [0.2, 0.25) is 0 Å². The van der Waals surface area contributed by atoms with Crippen molar-refractivity contribution in [1.82, 2.24) is 5.43 Å². The maximum Gasteiger partial charge on any atom is 0.250 e. The smallest absolute Gasteiger partial charge is 0.250 e. The van der Waals surface area contributed by atoms with Crippen molar-refractivity contribution in [2.24, 2.45) is 5.10 Å². The van der Waals surface area contributed by atoms with Gasteiger partial charge in [-0.05, 0) is 47.5 Å². The van der Waals surface area contributed by atoms with Crippen LogP contribution in [0.3, 0.4) is 0 Å². The minimum atomic E-state index is -0.118. The number of thioether (sulfide) groups is 2. The van der Waals surface area contributed by atoms with Crippen LogP contribution in [-0.4, -0.2) is 42.6 Å². The van der Waals surface area contributed by atoms with Gasteiger partial charge in [0.2, 0.25) is 5.91 Å². The molecule has 2 aromatic carbocycles. The minimum absolute atomic E-state index is 0.118. The predicted molar refractivity (Wildman–Crippen MR) is 113 cm³/mol. The summed E-state index contributed by atoms with van der Waals surface area (Å²) in [5, 5.41) is 4.01. The second kappa shape index (κ2) is 10.3. The second-order valence-corrected chi connectivity index (χ2v) is 8.04. The molecule has 0 radical (unpaired) electrons. The van der Waals surface area contributed by atoms with Crippen molar-refractivity contribution < 1.29 is 14.3 Å². The minimum Gasteiger partial charge on any atom is -0.497 e. The number of amides is 1. The number of nitrogens with zero attached hydrogens (tertiary/aromatic N) is 1. The van der Waals surface area contributed by atoms with Gasteiger partial charge in [-0.15, -0.1) is 11.8 Å². The molecule has 142 valence electrons. The molecule has 1 saturated heterocycles. The van der Waals surface area contributed by atoms with Gasteiger partial charge in [0, 0.05) is 17.3 Å². The van der Waals surface area contributed by atoms with Crippen LogP contribution in [0.1, 0.15) is 11.1 Å². The first-order valence-corrected chi connectivity index (χ1v) is 10.9. The molecule has 1 aliphatic heterocycles. The third-order valence-electron chi connectivity index (χ3n) is 3.85. The summed E-state index contributed by atoms with van der Waals surface area (Å²) in [7, 11) is 1.64. The summed E-state index contributed by atoms with van der Waals surface area (Å²) in [5.74, 6) is 4.83. The number of rotatable bonds is 9.